The van der Waals surface area contributed by atoms with E-state index in [0.29, 0.717) is 6.29 Å². The lowest BCUT2D eigenvalue weighted by molar-refractivity contribution is -0.153. The number of carbonyl (C=O) groups is 1. The Hall–Kier alpha value is -0.580. The molecule has 0 fully saturated rings. The summed E-state index contributed by atoms with van der Waals surface area (Å²) in [7, 11) is 0. The largest absolute Gasteiger partial charge is 0.401 e. The molecule has 0 aromatic rings. The number of carbonyl (C=O) groups excluding carboxylic acids is 1. The molecule has 0 aromatic carbocycles. The fourth-order valence-corrected chi connectivity index (χ4v) is 1.21. The zero-order chi connectivity index (χ0) is 12.3. The van der Waals surface area contributed by atoms with Gasteiger partial charge in [0.25, 0.3) is 0 Å². The van der Waals surface area contributed by atoms with Crippen LogP contribution in [-0.4, -0.2) is 36.5 Å². The third-order valence-corrected chi connectivity index (χ3v) is 2.04. The van der Waals surface area contributed by atoms with Crippen molar-refractivity contribution >= 4 is 6.29 Å². The predicted molar refractivity (Wildman–Crippen MR) is 52.6 cm³/mol. The van der Waals surface area contributed by atoms with Crippen molar-refractivity contribution < 1.29 is 18.0 Å². The average molecular weight is 225 g/mol. The highest BCUT2D eigenvalue weighted by Gasteiger charge is 2.34. The quantitative estimate of drug-likeness (QED) is 0.670. The van der Waals surface area contributed by atoms with E-state index in [1.54, 1.807) is 27.7 Å². The minimum Gasteiger partial charge on any atom is -0.303 e. The van der Waals surface area contributed by atoms with Crippen LogP contribution in [0.1, 0.15) is 27.7 Å². The molecule has 0 radical (unpaired) electrons. The van der Waals surface area contributed by atoms with Gasteiger partial charge >= 0.3 is 6.18 Å². The van der Waals surface area contributed by atoms with Gasteiger partial charge in [-0.1, -0.05) is 13.8 Å². The van der Waals surface area contributed by atoms with Crippen LogP contribution >= 0.6 is 0 Å². The molecule has 0 N–H and O–H groups in total. The Labute approximate surface area is 88.4 Å². The van der Waals surface area contributed by atoms with Crippen molar-refractivity contribution in [3.63, 3.8) is 0 Å². The Morgan fingerprint density at radius 2 is 1.67 bits per heavy atom. The molecular weight excluding hydrogens is 207 g/mol. The number of halogens is 3. The van der Waals surface area contributed by atoms with E-state index in [2.05, 4.69) is 0 Å². The molecule has 0 aliphatic heterocycles. The second-order valence-electron chi connectivity index (χ2n) is 4.72. The van der Waals surface area contributed by atoms with Crippen molar-refractivity contribution in [2.24, 2.45) is 5.41 Å². The van der Waals surface area contributed by atoms with Gasteiger partial charge in [-0.05, 0) is 13.8 Å². The Kier molecular flexibility index (Phi) is 4.77. The molecule has 0 rings (SSSR count). The van der Waals surface area contributed by atoms with Crippen molar-refractivity contribution in [1.82, 2.24) is 4.90 Å². The van der Waals surface area contributed by atoms with Crippen LogP contribution in [0.15, 0.2) is 0 Å². The number of aldehydes is 1. The zero-order valence-electron chi connectivity index (χ0n) is 9.56. The first-order valence-electron chi connectivity index (χ1n) is 4.84. The zero-order valence-corrected chi connectivity index (χ0v) is 9.56. The van der Waals surface area contributed by atoms with Gasteiger partial charge in [-0.25, -0.2) is 0 Å². The van der Waals surface area contributed by atoms with Gasteiger partial charge in [0.15, 0.2) is 0 Å². The molecule has 0 aromatic heterocycles. The van der Waals surface area contributed by atoms with Crippen molar-refractivity contribution in [2.45, 2.75) is 39.9 Å². The van der Waals surface area contributed by atoms with Gasteiger partial charge in [-0.2, -0.15) is 13.2 Å². The van der Waals surface area contributed by atoms with Crippen molar-refractivity contribution in [3.8, 4) is 0 Å². The van der Waals surface area contributed by atoms with Crippen LogP contribution in [0.4, 0.5) is 13.2 Å². The molecule has 0 saturated heterocycles. The molecule has 0 aliphatic carbocycles. The third-order valence-electron chi connectivity index (χ3n) is 2.04. The van der Waals surface area contributed by atoms with E-state index < -0.39 is 18.1 Å². The van der Waals surface area contributed by atoms with Crippen LogP contribution in [-0.2, 0) is 4.79 Å². The normalized spacial score (nSPS) is 13.7. The highest BCUT2D eigenvalue weighted by molar-refractivity contribution is 5.58. The highest BCUT2D eigenvalue weighted by Crippen LogP contribution is 2.21. The van der Waals surface area contributed by atoms with Gasteiger partial charge < -0.3 is 4.79 Å². The van der Waals surface area contributed by atoms with Crippen LogP contribution in [0.25, 0.3) is 0 Å². The van der Waals surface area contributed by atoms with Crippen molar-refractivity contribution in [2.75, 3.05) is 13.1 Å². The highest BCUT2D eigenvalue weighted by atomic mass is 19.4. The summed E-state index contributed by atoms with van der Waals surface area (Å²) in [5.41, 5.74) is -0.741. The van der Waals surface area contributed by atoms with Crippen LogP contribution < -0.4 is 0 Å². The minimum atomic E-state index is -4.22. The molecule has 0 heterocycles. The Morgan fingerprint density at radius 1 is 1.20 bits per heavy atom. The third kappa shape index (κ3) is 6.49. The van der Waals surface area contributed by atoms with E-state index in [0.717, 1.165) is 0 Å². The van der Waals surface area contributed by atoms with Gasteiger partial charge in [-0.3, -0.25) is 4.90 Å². The lowest BCUT2D eigenvalue weighted by Crippen LogP contribution is -2.44. The van der Waals surface area contributed by atoms with E-state index >= 15 is 0 Å². The van der Waals surface area contributed by atoms with E-state index in [9.17, 15) is 18.0 Å². The maximum atomic E-state index is 12.2. The topological polar surface area (TPSA) is 20.3 Å². The summed E-state index contributed by atoms with van der Waals surface area (Å²) >= 11 is 0. The fourth-order valence-electron chi connectivity index (χ4n) is 1.21. The Balaban J connectivity index is 4.49. The standard InChI is InChI=1S/C10H18F3NO/c1-8(2)14(6-10(11,12)13)5-9(3,4)7-15/h7-8H,5-6H2,1-4H3. The lowest BCUT2D eigenvalue weighted by atomic mass is 9.94. The molecule has 0 saturated carbocycles. The number of hydrogen-bond donors (Lipinski definition) is 0. The first-order chi connectivity index (χ1) is 6.57. The van der Waals surface area contributed by atoms with Crippen molar-refractivity contribution in [1.29, 1.82) is 0 Å². The monoisotopic (exact) mass is 225 g/mol. The summed E-state index contributed by atoms with van der Waals surface area (Å²) in [5, 5.41) is 0. The SMILES string of the molecule is CC(C)N(CC(F)(F)F)CC(C)(C)C=O. The van der Waals surface area contributed by atoms with Crippen LogP contribution in [0.5, 0.6) is 0 Å². The molecular formula is C10H18F3NO. The van der Waals surface area contributed by atoms with Gasteiger partial charge in [-0.15, -0.1) is 0 Å². The van der Waals surface area contributed by atoms with Gasteiger partial charge in [0.1, 0.15) is 6.29 Å². The van der Waals surface area contributed by atoms with Gasteiger partial charge in [0.05, 0.1) is 6.54 Å². The van der Waals surface area contributed by atoms with E-state index in [1.807, 2.05) is 0 Å². The summed E-state index contributed by atoms with van der Waals surface area (Å²) in [4.78, 5) is 11.9. The van der Waals surface area contributed by atoms with Gasteiger partial charge in [0, 0.05) is 18.0 Å². The van der Waals surface area contributed by atoms with Crippen LogP contribution in [0, 0.1) is 5.41 Å². The van der Waals surface area contributed by atoms with Crippen LogP contribution in [0.3, 0.4) is 0 Å². The molecule has 0 spiro atoms. The summed E-state index contributed by atoms with van der Waals surface area (Å²) < 4.78 is 36.6. The lowest BCUT2D eigenvalue weighted by Gasteiger charge is -2.32. The van der Waals surface area contributed by atoms with E-state index in [1.165, 1.54) is 4.90 Å². The summed E-state index contributed by atoms with van der Waals surface area (Å²) in [5.74, 6) is 0. The molecule has 2 nitrogen and oxygen atoms in total. The molecule has 0 atom stereocenters. The summed E-state index contributed by atoms with van der Waals surface area (Å²) in [6.45, 7) is 5.78. The molecule has 5 heteroatoms. The molecule has 0 bridgehead atoms. The first-order valence-corrected chi connectivity index (χ1v) is 4.84. The molecule has 0 amide bonds. The number of nitrogens with zero attached hydrogens (tertiary/aromatic N) is 1. The molecule has 0 unspecified atom stereocenters. The Morgan fingerprint density at radius 3 is 1.93 bits per heavy atom. The summed E-state index contributed by atoms with van der Waals surface area (Å²) in [6, 6.07) is -0.231. The minimum absolute atomic E-state index is 0.119. The van der Waals surface area contributed by atoms with E-state index in [4.69, 9.17) is 0 Å². The summed E-state index contributed by atoms with van der Waals surface area (Å²) in [6.07, 6.45) is -3.53. The Bertz CT molecular complexity index is 211. The fraction of sp³-hybridized carbons (Fsp3) is 0.900. The maximum Gasteiger partial charge on any atom is 0.401 e. The maximum absolute atomic E-state index is 12.2. The van der Waals surface area contributed by atoms with Crippen molar-refractivity contribution in [3.05, 3.63) is 0 Å². The average Bonchev–Trinajstić information content (AvgIpc) is 2.00. The predicted octanol–water partition coefficient (Wildman–Crippen LogP) is 2.48. The second kappa shape index (κ2) is 4.96. The number of hydrogen-bond acceptors (Lipinski definition) is 2. The smallest absolute Gasteiger partial charge is 0.303 e. The second-order valence-corrected chi connectivity index (χ2v) is 4.72. The number of rotatable bonds is 5. The number of alkyl halides is 3. The first kappa shape index (κ1) is 14.4. The molecule has 15 heavy (non-hydrogen) atoms. The molecule has 90 valence electrons. The molecule has 0 aliphatic rings. The van der Waals surface area contributed by atoms with Gasteiger partial charge in [0.2, 0.25) is 0 Å². The van der Waals surface area contributed by atoms with E-state index in [-0.39, 0.29) is 12.6 Å². The van der Waals surface area contributed by atoms with Crippen LogP contribution in [0.2, 0.25) is 0 Å².